The second-order valence-corrected chi connectivity index (χ2v) is 4.36. The van der Waals surface area contributed by atoms with E-state index < -0.39 is 37.1 Å². The van der Waals surface area contributed by atoms with Crippen molar-refractivity contribution in [3.8, 4) is 0 Å². The number of primary amides is 1. The summed E-state index contributed by atoms with van der Waals surface area (Å²) in [5.41, 5.74) is 11.1. The van der Waals surface area contributed by atoms with Crippen LogP contribution in [0, 0.1) is 0 Å². The number of carbonyl (C=O) groups excluding carboxylic acids is 1. The summed E-state index contributed by atoms with van der Waals surface area (Å²) in [5, 5.41) is 28.5. The van der Waals surface area contributed by atoms with Crippen molar-refractivity contribution in [2.45, 2.75) is 31.0 Å². The second-order valence-electron chi connectivity index (χ2n) is 4.36. The van der Waals surface area contributed by atoms with Crippen molar-refractivity contribution in [3.63, 3.8) is 0 Å². The zero-order valence-electron chi connectivity index (χ0n) is 10.0. The molecule has 1 aliphatic rings. The first kappa shape index (κ1) is 13.7. The number of anilines is 1. The molecule has 0 radical (unpaired) electrons. The second kappa shape index (κ2) is 5.13. The van der Waals surface area contributed by atoms with Crippen molar-refractivity contribution in [1.82, 2.24) is 9.55 Å². The number of rotatable bonds is 4. The zero-order chi connectivity index (χ0) is 14.2. The van der Waals surface area contributed by atoms with Gasteiger partial charge in [0.1, 0.15) is 24.1 Å². The van der Waals surface area contributed by atoms with E-state index in [-0.39, 0.29) is 17.9 Å². The zero-order valence-corrected chi connectivity index (χ0v) is 10.0. The summed E-state index contributed by atoms with van der Waals surface area (Å²) in [7, 11) is 0. The third kappa shape index (κ3) is 2.40. The van der Waals surface area contributed by atoms with Gasteiger partial charge in [-0.3, -0.25) is 9.36 Å². The summed E-state index contributed by atoms with van der Waals surface area (Å²) < 4.78 is 6.59. The smallest absolute Gasteiger partial charge is 0.223 e. The topological polar surface area (TPSA) is 157 Å². The van der Waals surface area contributed by atoms with Crippen LogP contribution in [0.15, 0.2) is 6.33 Å². The van der Waals surface area contributed by atoms with E-state index in [1.807, 2.05) is 0 Å². The lowest BCUT2D eigenvalue weighted by Crippen LogP contribution is -2.33. The van der Waals surface area contributed by atoms with Gasteiger partial charge < -0.3 is 31.5 Å². The average molecular weight is 272 g/mol. The highest BCUT2D eigenvalue weighted by atomic mass is 16.6. The first-order valence-electron chi connectivity index (χ1n) is 5.67. The SMILES string of the molecule is NC(=O)Cc1ncn([C@@H]2O[C@H](CO)[C@@H](O)[C@H]2O)c1N. The molecule has 0 aliphatic carbocycles. The van der Waals surface area contributed by atoms with E-state index in [0.717, 1.165) is 0 Å². The fraction of sp³-hybridized carbons (Fsp3) is 0.600. The van der Waals surface area contributed by atoms with E-state index >= 15 is 0 Å². The molecule has 9 nitrogen and oxygen atoms in total. The maximum Gasteiger partial charge on any atom is 0.223 e. The highest BCUT2D eigenvalue weighted by molar-refractivity contribution is 5.77. The molecule has 1 fully saturated rings. The van der Waals surface area contributed by atoms with E-state index in [4.69, 9.17) is 21.3 Å². The number of imidazole rings is 1. The van der Waals surface area contributed by atoms with Crippen molar-refractivity contribution in [3.05, 3.63) is 12.0 Å². The Hall–Kier alpha value is -1.68. The highest BCUT2D eigenvalue weighted by Gasteiger charge is 2.44. The maximum atomic E-state index is 10.8. The van der Waals surface area contributed by atoms with E-state index in [2.05, 4.69) is 4.98 Å². The van der Waals surface area contributed by atoms with Gasteiger partial charge in [-0.25, -0.2) is 4.98 Å². The van der Waals surface area contributed by atoms with Crippen LogP contribution in [0.1, 0.15) is 11.9 Å². The van der Waals surface area contributed by atoms with Gasteiger partial charge in [0.05, 0.1) is 25.0 Å². The summed E-state index contributed by atoms with van der Waals surface area (Å²) >= 11 is 0. The minimum atomic E-state index is -1.25. The summed E-state index contributed by atoms with van der Waals surface area (Å²) in [6, 6.07) is 0. The minimum absolute atomic E-state index is 0.119. The largest absolute Gasteiger partial charge is 0.394 e. The monoisotopic (exact) mass is 272 g/mol. The Labute approximate surface area is 108 Å². The third-order valence-corrected chi connectivity index (χ3v) is 3.04. The first-order valence-corrected chi connectivity index (χ1v) is 5.67. The summed E-state index contributed by atoms with van der Waals surface area (Å²) in [6.45, 7) is -0.433. The Balaban J connectivity index is 2.23. The molecular formula is C10H16N4O5. The standard InChI is InChI=1S/C10H16N4O5/c11-6(16)1-4-9(12)14(3-13-4)10-8(18)7(17)5(2-15)19-10/h3,5,7-8,10,15,17-18H,1-2,12H2,(H2,11,16)/t5-,7-,8-,10-/m1/s1. The molecule has 1 aromatic rings. The Kier molecular flexibility index (Phi) is 3.71. The van der Waals surface area contributed by atoms with Crippen LogP contribution in [0.5, 0.6) is 0 Å². The number of aliphatic hydroxyl groups is 3. The van der Waals surface area contributed by atoms with Crippen molar-refractivity contribution in [2.24, 2.45) is 5.73 Å². The van der Waals surface area contributed by atoms with E-state index in [1.165, 1.54) is 10.9 Å². The molecular weight excluding hydrogens is 256 g/mol. The van der Waals surface area contributed by atoms with Crippen molar-refractivity contribution < 1.29 is 24.9 Å². The van der Waals surface area contributed by atoms with Crippen LogP contribution in [0.2, 0.25) is 0 Å². The number of hydrogen-bond acceptors (Lipinski definition) is 7. The van der Waals surface area contributed by atoms with Crippen molar-refractivity contribution in [2.75, 3.05) is 12.3 Å². The van der Waals surface area contributed by atoms with E-state index in [0.29, 0.717) is 0 Å². The molecule has 0 aromatic carbocycles. The normalized spacial score (nSPS) is 30.7. The van der Waals surface area contributed by atoms with Crippen LogP contribution < -0.4 is 11.5 Å². The minimum Gasteiger partial charge on any atom is -0.394 e. The molecule has 4 atom stereocenters. The molecule has 106 valence electrons. The number of nitrogens with zero attached hydrogens (tertiary/aromatic N) is 2. The Bertz CT molecular complexity index is 476. The molecule has 1 saturated heterocycles. The Morgan fingerprint density at radius 2 is 2.16 bits per heavy atom. The lowest BCUT2D eigenvalue weighted by molar-refractivity contribution is -0.117. The van der Waals surface area contributed by atoms with Gasteiger partial charge in [0.25, 0.3) is 0 Å². The number of hydrogen-bond donors (Lipinski definition) is 5. The lowest BCUT2D eigenvalue weighted by atomic mass is 10.1. The highest BCUT2D eigenvalue weighted by Crippen LogP contribution is 2.31. The van der Waals surface area contributed by atoms with Crippen LogP contribution in [0.25, 0.3) is 0 Å². The fourth-order valence-electron chi connectivity index (χ4n) is 2.02. The number of nitrogens with two attached hydrogens (primary N) is 2. The lowest BCUT2D eigenvalue weighted by Gasteiger charge is -2.17. The van der Waals surface area contributed by atoms with Crippen LogP contribution in [0.4, 0.5) is 5.82 Å². The van der Waals surface area contributed by atoms with Gasteiger partial charge in [-0.1, -0.05) is 0 Å². The van der Waals surface area contributed by atoms with Gasteiger partial charge >= 0.3 is 0 Å². The predicted molar refractivity (Wildman–Crippen MR) is 62.5 cm³/mol. The number of nitrogen functional groups attached to an aromatic ring is 1. The molecule has 0 unspecified atom stereocenters. The summed E-state index contributed by atoms with van der Waals surface area (Å²) in [5.74, 6) is -0.466. The van der Waals surface area contributed by atoms with Gasteiger partial charge in [0, 0.05) is 0 Å². The molecule has 19 heavy (non-hydrogen) atoms. The van der Waals surface area contributed by atoms with Gasteiger partial charge in [-0.2, -0.15) is 0 Å². The van der Waals surface area contributed by atoms with Crippen LogP contribution >= 0.6 is 0 Å². The molecule has 0 saturated carbocycles. The molecule has 1 amide bonds. The van der Waals surface area contributed by atoms with E-state index in [9.17, 15) is 15.0 Å². The summed E-state index contributed by atoms with van der Waals surface area (Å²) in [6.07, 6.45) is -3.20. The van der Waals surface area contributed by atoms with E-state index in [1.54, 1.807) is 0 Å². The number of ether oxygens (including phenoxy) is 1. The number of carbonyl (C=O) groups is 1. The molecule has 7 N–H and O–H groups in total. The average Bonchev–Trinajstić information content (AvgIpc) is 2.83. The van der Waals surface area contributed by atoms with Gasteiger partial charge in [0.15, 0.2) is 6.23 Å². The Morgan fingerprint density at radius 3 is 2.68 bits per heavy atom. The van der Waals surface area contributed by atoms with Crippen molar-refractivity contribution >= 4 is 11.7 Å². The molecule has 9 heteroatoms. The Morgan fingerprint density at radius 1 is 1.47 bits per heavy atom. The van der Waals surface area contributed by atoms with Crippen LogP contribution in [-0.2, 0) is 16.0 Å². The molecule has 0 bridgehead atoms. The van der Waals surface area contributed by atoms with Gasteiger partial charge in [-0.15, -0.1) is 0 Å². The first-order chi connectivity index (χ1) is 8.95. The number of aliphatic hydroxyl groups excluding tert-OH is 3. The number of amides is 1. The van der Waals surface area contributed by atoms with Crippen LogP contribution in [0.3, 0.4) is 0 Å². The number of aromatic nitrogens is 2. The van der Waals surface area contributed by atoms with Gasteiger partial charge in [0.2, 0.25) is 5.91 Å². The molecule has 2 heterocycles. The maximum absolute atomic E-state index is 10.8. The predicted octanol–water partition coefficient (Wildman–Crippen LogP) is -2.90. The summed E-state index contributed by atoms with van der Waals surface area (Å²) in [4.78, 5) is 14.7. The van der Waals surface area contributed by atoms with Crippen LogP contribution in [-0.4, -0.2) is 55.7 Å². The van der Waals surface area contributed by atoms with Gasteiger partial charge in [-0.05, 0) is 0 Å². The third-order valence-electron chi connectivity index (χ3n) is 3.04. The fourth-order valence-corrected chi connectivity index (χ4v) is 2.02. The van der Waals surface area contributed by atoms with Crippen molar-refractivity contribution in [1.29, 1.82) is 0 Å². The molecule has 1 aliphatic heterocycles. The quantitative estimate of drug-likeness (QED) is 0.393. The molecule has 0 spiro atoms. The molecule has 2 rings (SSSR count). The molecule has 1 aromatic heterocycles.